The Bertz CT molecular complexity index is 670. The number of fused-ring (bicyclic) bond motifs is 1. The van der Waals surface area contributed by atoms with Crippen molar-refractivity contribution in [2.45, 2.75) is 44.1 Å². The average Bonchev–Trinajstić information content (AvgIpc) is 2.84. The molecule has 132 valence electrons. The first-order chi connectivity index (χ1) is 12.2. The Labute approximate surface area is 147 Å². The molecule has 0 aliphatic carbocycles. The number of hydrogen-bond acceptors (Lipinski definition) is 4. The predicted octanol–water partition coefficient (Wildman–Crippen LogP) is 2.97. The number of nitrogens with zero attached hydrogens (tertiary/aromatic N) is 1. The molecule has 0 radical (unpaired) electrons. The van der Waals surface area contributed by atoms with Crippen LogP contribution < -0.4 is 0 Å². The van der Waals surface area contributed by atoms with E-state index in [0.717, 1.165) is 17.6 Å². The molecule has 2 fully saturated rings. The van der Waals surface area contributed by atoms with Gasteiger partial charge in [0.2, 0.25) is 5.91 Å². The van der Waals surface area contributed by atoms with Gasteiger partial charge in [0.15, 0.2) is 6.23 Å². The zero-order valence-corrected chi connectivity index (χ0v) is 14.2. The summed E-state index contributed by atoms with van der Waals surface area (Å²) >= 11 is 0. The van der Waals surface area contributed by atoms with Gasteiger partial charge in [-0.2, -0.15) is 0 Å². The molecule has 0 saturated carbocycles. The van der Waals surface area contributed by atoms with E-state index in [-0.39, 0.29) is 12.1 Å². The molecular formula is C20H23NO4. The Kier molecular flexibility index (Phi) is 5.34. The van der Waals surface area contributed by atoms with Gasteiger partial charge in [-0.15, -0.1) is 6.58 Å². The van der Waals surface area contributed by atoms with Gasteiger partial charge in [-0.25, -0.2) is 0 Å². The van der Waals surface area contributed by atoms with Crippen LogP contribution in [0.25, 0.3) is 0 Å². The number of benzene rings is 1. The number of allylic oxidation sites excluding steroid dienone is 1. The van der Waals surface area contributed by atoms with Crippen LogP contribution in [0.15, 0.2) is 54.8 Å². The molecule has 1 aromatic carbocycles. The van der Waals surface area contributed by atoms with Crippen LogP contribution in [0.4, 0.5) is 0 Å². The summed E-state index contributed by atoms with van der Waals surface area (Å²) in [4.78, 5) is 24.6. The minimum absolute atomic E-state index is 0.0638. The van der Waals surface area contributed by atoms with E-state index >= 15 is 0 Å². The monoisotopic (exact) mass is 341 g/mol. The number of unbranched alkanes of at least 4 members (excludes halogenated alkanes) is 1. The highest BCUT2D eigenvalue weighted by atomic mass is 16.5. The fraction of sp³-hybridized carbons (Fsp3) is 0.400. The maximum Gasteiger partial charge on any atom is 0.232 e. The summed E-state index contributed by atoms with van der Waals surface area (Å²) in [5, 5.41) is 0. The van der Waals surface area contributed by atoms with Crippen molar-refractivity contribution < 1.29 is 19.1 Å². The molecule has 25 heavy (non-hydrogen) atoms. The lowest BCUT2D eigenvalue weighted by Gasteiger charge is -2.42. The summed E-state index contributed by atoms with van der Waals surface area (Å²) in [7, 11) is 0. The highest BCUT2D eigenvalue weighted by Gasteiger charge is 2.59. The largest absolute Gasteiger partial charge is 0.472 e. The number of ether oxygens (including phenoxy) is 2. The molecule has 3 rings (SSSR count). The molecule has 0 N–H and O–H groups in total. The molecule has 2 aliphatic heterocycles. The third-order valence-electron chi connectivity index (χ3n) is 4.64. The molecule has 2 saturated heterocycles. The summed E-state index contributed by atoms with van der Waals surface area (Å²) in [6, 6.07) is 9.91. The van der Waals surface area contributed by atoms with Crippen molar-refractivity contribution in [3.63, 3.8) is 0 Å². The number of β-lactam (4-membered cyclic amide) rings is 1. The minimum atomic E-state index is -0.653. The van der Waals surface area contributed by atoms with Crippen molar-refractivity contribution >= 4 is 12.2 Å². The molecule has 2 atom stereocenters. The zero-order valence-electron chi connectivity index (χ0n) is 14.2. The van der Waals surface area contributed by atoms with Crippen LogP contribution in [0.1, 0.15) is 31.2 Å². The van der Waals surface area contributed by atoms with Crippen LogP contribution in [-0.2, 0) is 25.7 Å². The number of carbonyl (C=O) groups is 2. The number of hydrogen-bond donors (Lipinski definition) is 0. The normalized spacial score (nSPS) is 26.1. The van der Waals surface area contributed by atoms with Crippen LogP contribution in [0, 0.1) is 0 Å². The van der Waals surface area contributed by atoms with Gasteiger partial charge in [-0.05, 0) is 24.5 Å². The maximum absolute atomic E-state index is 12.2. The second-order valence-electron chi connectivity index (χ2n) is 6.36. The van der Waals surface area contributed by atoms with E-state index in [1.54, 1.807) is 11.0 Å². The fourth-order valence-electron chi connectivity index (χ4n) is 3.44. The van der Waals surface area contributed by atoms with Crippen molar-refractivity contribution in [2.24, 2.45) is 0 Å². The third-order valence-corrected chi connectivity index (χ3v) is 4.64. The van der Waals surface area contributed by atoms with Crippen molar-refractivity contribution in [3.05, 3.63) is 60.4 Å². The van der Waals surface area contributed by atoms with Gasteiger partial charge in [-0.3, -0.25) is 9.69 Å². The van der Waals surface area contributed by atoms with Crippen LogP contribution in [0.5, 0.6) is 0 Å². The molecule has 2 heterocycles. The first-order valence-corrected chi connectivity index (χ1v) is 8.57. The zero-order chi connectivity index (χ0) is 17.7. The van der Waals surface area contributed by atoms with Gasteiger partial charge < -0.3 is 14.3 Å². The highest BCUT2D eigenvalue weighted by Crippen LogP contribution is 2.46. The number of carbonyl (C=O) groups excluding carboxylic acids is 2. The second-order valence-corrected chi connectivity index (χ2v) is 6.36. The van der Waals surface area contributed by atoms with Crippen LogP contribution in [-0.4, -0.2) is 35.5 Å². The maximum atomic E-state index is 12.2. The summed E-state index contributed by atoms with van der Waals surface area (Å²) in [5.74, 6) is 0.784. The smallest absolute Gasteiger partial charge is 0.232 e. The molecule has 0 bridgehead atoms. The van der Waals surface area contributed by atoms with Crippen molar-refractivity contribution in [3.8, 4) is 0 Å². The van der Waals surface area contributed by atoms with E-state index in [1.165, 1.54) is 0 Å². The number of aldehydes is 1. The third kappa shape index (κ3) is 3.37. The quantitative estimate of drug-likeness (QED) is 0.300. The molecule has 5 heteroatoms. The summed E-state index contributed by atoms with van der Waals surface area (Å²) in [5.41, 5.74) is 0.424. The van der Waals surface area contributed by atoms with Gasteiger partial charge in [0.1, 0.15) is 17.6 Å². The van der Waals surface area contributed by atoms with Crippen LogP contribution in [0.3, 0.4) is 0 Å². The van der Waals surface area contributed by atoms with Crippen molar-refractivity contribution in [1.82, 2.24) is 4.90 Å². The Hall–Kier alpha value is -2.40. The summed E-state index contributed by atoms with van der Waals surface area (Å²) < 4.78 is 11.9. The molecule has 5 nitrogen and oxygen atoms in total. The average molecular weight is 341 g/mol. The van der Waals surface area contributed by atoms with E-state index in [9.17, 15) is 9.59 Å². The summed E-state index contributed by atoms with van der Waals surface area (Å²) in [6.07, 6.45) is 6.32. The van der Waals surface area contributed by atoms with Gasteiger partial charge in [0.25, 0.3) is 0 Å². The Balaban J connectivity index is 1.78. The Morgan fingerprint density at radius 3 is 2.80 bits per heavy atom. The van der Waals surface area contributed by atoms with Crippen LogP contribution >= 0.6 is 0 Å². The van der Waals surface area contributed by atoms with Crippen molar-refractivity contribution in [1.29, 1.82) is 0 Å². The van der Waals surface area contributed by atoms with Gasteiger partial charge in [-0.1, -0.05) is 36.4 Å². The minimum Gasteiger partial charge on any atom is -0.472 e. The Morgan fingerprint density at radius 1 is 1.32 bits per heavy atom. The molecule has 0 spiro atoms. The Morgan fingerprint density at radius 2 is 2.12 bits per heavy atom. The fourth-order valence-corrected chi connectivity index (χ4v) is 3.44. The SMILES string of the molecule is C=CCC1(COCc2ccccc2)C(=CCCC=O)OC2CC(=O)N21. The van der Waals surface area contributed by atoms with E-state index in [1.807, 2.05) is 36.4 Å². The van der Waals surface area contributed by atoms with E-state index in [4.69, 9.17) is 9.47 Å². The lowest BCUT2D eigenvalue weighted by Crippen LogP contribution is -2.61. The van der Waals surface area contributed by atoms with Gasteiger partial charge >= 0.3 is 0 Å². The highest BCUT2D eigenvalue weighted by molar-refractivity contribution is 5.85. The first kappa shape index (κ1) is 17.4. The molecule has 1 aromatic rings. The molecular weight excluding hydrogens is 318 g/mol. The second kappa shape index (κ2) is 7.66. The molecule has 1 amide bonds. The molecule has 2 aliphatic rings. The summed E-state index contributed by atoms with van der Waals surface area (Å²) in [6.45, 7) is 4.65. The topological polar surface area (TPSA) is 55.8 Å². The van der Waals surface area contributed by atoms with Gasteiger partial charge in [0, 0.05) is 6.42 Å². The van der Waals surface area contributed by atoms with Crippen LogP contribution in [0.2, 0.25) is 0 Å². The van der Waals surface area contributed by atoms with Crippen molar-refractivity contribution in [2.75, 3.05) is 6.61 Å². The van der Waals surface area contributed by atoms with E-state index in [2.05, 4.69) is 6.58 Å². The molecule has 2 unspecified atom stereocenters. The van der Waals surface area contributed by atoms with E-state index in [0.29, 0.717) is 38.9 Å². The first-order valence-electron chi connectivity index (χ1n) is 8.57. The number of amides is 1. The van der Waals surface area contributed by atoms with Gasteiger partial charge in [0.05, 0.1) is 19.6 Å². The lowest BCUT2D eigenvalue weighted by molar-refractivity contribution is -0.163. The predicted molar refractivity (Wildman–Crippen MR) is 93.4 cm³/mol. The molecule has 0 aromatic heterocycles. The lowest BCUT2D eigenvalue weighted by atomic mass is 9.88. The standard InChI is InChI=1S/C20H23NO4/c1-2-11-20(15-24-14-16-8-4-3-5-9-16)17(10-6-7-12-22)25-19-13-18(23)21(19)20/h2-5,8-10,12,19H,1,6-7,11,13-15H2. The van der Waals surface area contributed by atoms with E-state index < -0.39 is 5.54 Å². The number of rotatable bonds is 9.